The summed E-state index contributed by atoms with van der Waals surface area (Å²) in [5, 5.41) is 4.39. The van der Waals surface area contributed by atoms with E-state index >= 15 is 0 Å². The second kappa shape index (κ2) is 2.92. The Balaban J connectivity index is 2.21. The number of imide groups is 1. The molecule has 1 saturated carbocycles. The predicted molar refractivity (Wildman–Crippen MR) is 56.9 cm³/mol. The zero-order valence-electron chi connectivity index (χ0n) is 8.21. The topological polar surface area (TPSA) is 46.2 Å². The molecule has 3 nitrogen and oxygen atoms in total. The molecular weight excluding hydrogens is 210 g/mol. The standard InChI is InChI=1S/C11H11NO2S/c13-9-8-7(3-6-15-8)11(10(14)12-9)4-1-2-5-11/h3,6H,1-2,4-5H2,(H,12,13,14). The highest BCUT2D eigenvalue weighted by atomic mass is 32.1. The minimum Gasteiger partial charge on any atom is -0.291 e. The smallest absolute Gasteiger partial charge is 0.268 e. The maximum atomic E-state index is 12.0. The number of thiophene rings is 1. The van der Waals surface area contributed by atoms with Crippen LogP contribution in [0.3, 0.4) is 0 Å². The molecule has 2 aliphatic rings. The van der Waals surface area contributed by atoms with Crippen LogP contribution in [0.5, 0.6) is 0 Å². The summed E-state index contributed by atoms with van der Waals surface area (Å²) in [6.07, 6.45) is 3.93. The first-order chi connectivity index (χ1) is 7.24. The van der Waals surface area contributed by atoms with Crippen LogP contribution in [0.2, 0.25) is 0 Å². The van der Waals surface area contributed by atoms with Gasteiger partial charge >= 0.3 is 0 Å². The van der Waals surface area contributed by atoms with Crippen LogP contribution in [-0.4, -0.2) is 11.8 Å². The summed E-state index contributed by atoms with van der Waals surface area (Å²) in [4.78, 5) is 24.3. The van der Waals surface area contributed by atoms with E-state index in [1.807, 2.05) is 11.4 Å². The molecule has 2 amide bonds. The van der Waals surface area contributed by atoms with Gasteiger partial charge in [0.1, 0.15) is 0 Å². The first kappa shape index (κ1) is 9.09. The largest absolute Gasteiger partial charge is 0.291 e. The molecule has 1 aromatic heterocycles. The van der Waals surface area contributed by atoms with Crippen molar-refractivity contribution >= 4 is 23.2 Å². The third kappa shape index (κ3) is 1.05. The van der Waals surface area contributed by atoms with Crippen molar-refractivity contribution in [2.24, 2.45) is 0 Å². The Morgan fingerprint density at radius 1 is 1.27 bits per heavy atom. The highest BCUT2D eigenvalue weighted by molar-refractivity contribution is 7.12. The van der Waals surface area contributed by atoms with Crippen LogP contribution >= 0.6 is 11.3 Å². The Morgan fingerprint density at radius 2 is 2.00 bits per heavy atom. The van der Waals surface area contributed by atoms with Gasteiger partial charge in [-0.1, -0.05) is 12.8 Å². The van der Waals surface area contributed by atoms with Gasteiger partial charge in [-0.25, -0.2) is 0 Å². The summed E-state index contributed by atoms with van der Waals surface area (Å²) < 4.78 is 0. The molecule has 1 fully saturated rings. The first-order valence-electron chi connectivity index (χ1n) is 5.18. The minimum atomic E-state index is -0.386. The van der Waals surface area contributed by atoms with Crippen molar-refractivity contribution in [1.29, 1.82) is 0 Å². The van der Waals surface area contributed by atoms with Crippen LogP contribution < -0.4 is 5.32 Å². The van der Waals surface area contributed by atoms with Gasteiger partial charge in [0.25, 0.3) is 5.91 Å². The zero-order valence-corrected chi connectivity index (χ0v) is 9.02. The second-order valence-corrected chi connectivity index (χ2v) is 5.15. The fourth-order valence-electron chi connectivity index (χ4n) is 2.74. The van der Waals surface area contributed by atoms with Crippen LogP contribution in [0.15, 0.2) is 11.4 Å². The molecule has 1 aliphatic carbocycles. The number of amides is 2. The van der Waals surface area contributed by atoms with E-state index in [2.05, 4.69) is 5.32 Å². The Hall–Kier alpha value is -1.16. The number of nitrogens with one attached hydrogen (secondary N) is 1. The lowest BCUT2D eigenvalue weighted by atomic mass is 9.76. The number of fused-ring (bicyclic) bond motifs is 2. The summed E-state index contributed by atoms with van der Waals surface area (Å²) >= 11 is 1.43. The zero-order chi connectivity index (χ0) is 10.5. The monoisotopic (exact) mass is 221 g/mol. The van der Waals surface area contributed by atoms with Gasteiger partial charge in [0, 0.05) is 0 Å². The van der Waals surface area contributed by atoms with Gasteiger partial charge in [-0.15, -0.1) is 11.3 Å². The Bertz CT molecular complexity index is 443. The van der Waals surface area contributed by atoms with Crippen molar-refractivity contribution < 1.29 is 9.59 Å². The lowest BCUT2D eigenvalue weighted by Gasteiger charge is -2.31. The third-order valence-corrected chi connectivity index (χ3v) is 4.42. The van der Waals surface area contributed by atoms with Gasteiger partial charge in [0.15, 0.2) is 0 Å². The van der Waals surface area contributed by atoms with E-state index in [1.54, 1.807) is 0 Å². The van der Waals surface area contributed by atoms with Gasteiger partial charge in [0.2, 0.25) is 5.91 Å². The SMILES string of the molecule is O=C1NC(=O)C2(CCCC2)c2ccsc21. The van der Waals surface area contributed by atoms with E-state index < -0.39 is 0 Å². The molecule has 0 saturated heterocycles. The van der Waals surface area contributed by atoms with Crippen molar-refractivity contribution in [3.63, 3.8) is 0 Å². The molecule has 1 aromatic rings. The molecule has 0 radical (unpaired) electrons. The van der Waals surface area contributed by atoms with Crippen molar-refractivity contribution in [3.8, 4) is 0 Å². The normalized spacial score (nSPS) is 22.9. The maximum Gasteiger partial charge on any atom is 0.268 e. The van der Waals surface area contributed by atoms with E-state index in [4.69, 9.17) is 0 Å². The van der Waals surface area contributed by atoms with E-state index in [9.17, 15) is 9.59 Å². The highest BCUT2D eigenvalue weighted by Crippen LogP contribution is 2.45. The number of carbonyl (C=O) groups excluding carboxylic acids is 2. The molecule has 1 N–H and O–H groups in total. The van der Waals surface area contributed by atoms with E-state index in [-0.39, 0.29) is 17.2 Å². The Labute approximate surface area is 91.5 Å². The molecule has 4 heteroatoms. The number of hydrogen-bond donors (Lipinski definition) is 1. The summed E-state index contributed by atoms with van der Waals surface area (Å²) in [5.74, 6) is -0.307. The van der Waals surface area contributed by atoms with Crippen molar-refractivity contribution in [1.82, 2.24) is 5.32 Å². The summed E-state index contributed by atoms with van der Waals surface area (Å²) in [6.45, 7) is 0. The lowest BCUT2D eigenvalue weighted by Crippen LogP contribution is -2.49. The summed E-state index contributed by atoms with van der Waals surface area (Å²) in [6, 6.07) is 1.95. The molecule has 78 valence electrons. The van der Waals surface area contributed by atoms with Crippen molar-refractivity contribution in [2.75, 3.05) is 0 Å². The van der Waals surface area contributed by atoms with E-state index in [1.165, 1.54) is 11.3 Å². The quantitative estimate of drug-likeness (QED) is 0.679. The molecular formula is C11H11NO2S. The Morgan fingerprint density at radius 3 is 2.73 bits per heavy atom. The predicted octanol–water partition coefficient (Wildman–Crippen LogP) is 1.83. The van der Waals surface area contributed by atoms with Gasteiger partial charge in [-0.2, -0.15) is 0 Å². The fourth-order valence-corrected chi connectivity index (χ4v) is 3.63. The van der Waals surface area contributed by atoms with Crippen LogP contribution in [-0.2, 0) is 10.2 Å². The average Bonchev–Trinajstić information content (AvgIpc) is 2.85. The van der Waals surface area contributed by atoms with Crippen LogP contribution in [0.1, 0.15) is 40.9 Å². The van der Waals surface area contributed by atoms with Crippen LogP contribution in [0.25, 0.3) is 0 Å². The van der Waals surface area contributed by atoms with Crippen LogP contribution in [0.4, 0.5) is 0 Å². The number of rotatable bonds is 0. The van der Waals surface area contributed by atoms with Gasteiger partial charge in [-0.05, 0) is 29.9 Å². The van der Waals surface area contributed by atoms with E-state index in [0.717, 1.165) is 36.1 Å². The van der Waals surface area contributed by atoms with Crippen LogP contribution in [0, 0.1) is 0 Å². The number of hydrogen-bond acceptors (Lipinski definition) is 3. The van der Waals surface area contributed by atoms with E-state index in [0.29, 0.717) is 0 Å². The minimum absolute atomic E-state index is 0.0871. The number of carbonyl (C=O) groups is 2. The molecule has 3 rings (SSSR count). The fraction of sp³-hybridized carbons (Fsp3) is 0.455. The molecule has 0 bridgehead atoms. The van der Waals surface area contributed by atoms with Crippen molar-refractivity contribution in [2.45, 2.75) is 31.1 Å². The molecule has 0 unspecified atom stereocenters. The Kier molecular flexibility index (Phi) is 1.77. The molecule has 0 aromatic carbocycles. The first-order valence-corrected chi connectivity index (χ1v) is 6.06. The molecule has 0 atom stereocenters. The van der Waals surface area contributed by atoms with Gasteiger partial charge < -0.3 is 0 Å². The highest BCUT2D eigenvalue weighted by Gasteiger charge is 2.48. The van der Waals surface area contributed by atoms with Crippen molar-refractivity contribution in [3.05, 3.63) is 21.9 Å². The summed E-state index contributed by atoms with van der Waals surface area (Å²) in [7, 11) is 0. The average molecular weight is 221 g/mol. The van der Waals surface area contributed by atoms with Gasteiger partial charge in [-0.3, -0.25) is 14.9 Å². The third-order valence-electron chi connectivity index (χ3n) is 3.51. The molecule has 1 spiro atoms. The second-order valence-electron chi connectivity index (χ2n) is 4.24. The molecule has 2 heterocycles. The summed E-state index contributed by atoms with van der Waals surface area (Å²) in [5.41, 5.74) is 0.585. The maximum absolute atomic E-state index is 12.0. The lowest BCUT2D eigenvalue weighted by molar-refractivity contribution is -0.126. The molecule has 1 aliphatic heterocycles. The van der Waals surface area contributed by atoms with Gasteiger partial charge in [0.05, 0.1) is 10.3 Å². The molecule has 15 heavy (non-hydrogen) atoms.